The van der Waals surface area contributed by atoms with Crippen LogP contribution in [0.2, 0.25) is 0 Å². The molecular formula is C17H16FN3O2S. The first-order valence-electron chi connectivity index (χ1n) is 7.57. The zero-order valence-electron chi connectivity index (χ0n) is 13.1. The summed E-state index contributed by atoms with van der Waals surface area (Å²) in [5, 5.41) is 12.4. The lowest BCUT2D eigenvalue weighted by Gasteiger charge is -2.22. The highest BCUT2D eigenvalue weighted by molar-refractivity contribution is 7.99. The van der Waals surface area contributed by atoms with Crippen LogP contribution in [0.25, 0.3) is 11.3 Å². The van der Waals surface area contributed by atoms with E-state index in [2.05, 4.69) is 16.4 Å². The molecule has 0 bridgehead atoms. The SMILES string of the molecule is CC(C#N)(NC(=O)CSc1ncc(-c2ccc(F)cc2)o1)C1CC1. The fraction of sp³-hybridized carbons (Fsp3) is 0.353. The molecule has 0 saturated heterocycles. The van der Waals surface area contributed by atoms with Gasteiger partial charge in [-0.25, -0.2) is 9.37 Å². The van der Waals surface area contributed by atoms with Gasteiger partial charge in [-0.1, -0.05) is 11.8 Å². The predicted octanol–water partition coefficient (Wildman–Crippen LogP) is 3.38. The summed E-state index contributed by atoms with van der Waals surface area (Å²) in [7, 11) is 0. The van der Waals surface area contributed by atoms with Crippen LogP contribution in [-0.2, 0) is 4.79 Å². The molecule has 5 nitrogen and oxygen atoms in total. The molecule has 2 aromatic rings. The minimum atomic E-state index is -0.798. The van der Waals surface area contributed by atoms with E-state index in [1.54, 1.807) is 19.1 Å². The number of nitriles is 1. The molecule has 1 amide bonds. The average Bonchev–Trinajstić information content (AvgIpc) is 3.33. The molecule has 1 saturated carbocycles. The van der Waals surface area contributed by atoms with Crippen molar-refractivity contribution in [3.63, 3.8) is 0 Å². The Morgan fingerprint density at radius 1 is 1.50 bits per heavy atom. The van der Waals surface area contributed by atoms with Crippen molar-refractivity contribution in [1.29, 1.82) is 5.26 Å². The van der Waals surface area contributed by atoms with Gasteiger partial charge in [0.2, 0.25) is 5.91 Å². The van der Waals surface area contributed by atoms with E-state index < -0.39 is 5.54 Å². The van der Waals surface area contributed by atoms with Gasteiger partial charge in [0.05, 0.1) is 18.0 Å². The number of oxazole rings is 1. The summed E-state index contributed by atoms with van der Waals surface area (Å²) in [5.74, 6) is 0.326. The molecule has 24 heavy (non-hydrogen) atoms. The first-order chi connectivity index (χ1) is 11.5. The molecule has 1 atom stereocenters. The molecule has 1 heterocycles. The van der Waals surface area contributed by atoms with Crippen molar-refractivity contribution in [3.8, 4) is 17.4 Å². The van der Waals surface area contributed by atoms with Crippen molar-refractivity contribution in [2.75, 3.05) is 5.75 Å². The second kappa shape index (κ2) is 6.65. The third kappa shape index (κ3) is 3.77. The number of hydrogen-bond donors (Lipinski definition) is 1. The molecule has 1 aromatic heterocycles. The Balaban J connectivity index is 1.56. The normalized spacial score (nSPS) is 16.2. The molecule has 1 N–H and O–H groups in total. The minimum absolute atomic E-state index is 0.118. The minimum Gasteiger partial charge on any atom is -0.431 e. The van der Waals surface area contributed by atoms with Crippen molar-refractivity contribution >= 4 is 17.7 Å². The van der Waals surface area contributed by atoms with Crippen LogP contribution in [0.15, 0.2) is 40.1 Å². The van der Waals surface area contributed by atoms with Crippen molar-refractivity contribution in [2.24, 2.45) is 5.92 Å². The molecule has 0 radical (unpaired) electrons. The lowest BCUT2D eigenvalue weighted by atomic mass is 9.98. The lowest BCUT2D eigenvalue weighted by Crippen LogP contribution is -2.47. The number of nitrogens with zero attached hydrogens (tertiary/aromatic N) is 2. The number of rotatable bonds is 6. The van der Waals surface area contributed by atoms with Gasteiger partial charge in [0, 0.05) is 5.56 Å². The van der Waals surface area contributed by atoms with Gasteiger partial charge >= 0.3 is 0 Å². The second-order valence-corrected chi connectivity index (χ2v) is 6.85. The number of aromatic nitrogens is 1. The van der Waals surface area contributed by atoms with Crippen LogP contribution in [0.5, 0.6) is 0 Å². The van der Waals surface area contributed by atoms with Crippen molar-refractivity contribution in [2.45, 2.75) is 30.5 Å². The molecule has 1 aliphatic rings. The van der Waals surface area contributed by atoms with E-state index in [9.17, 15) is 14.4 Å². The molecule has 1 aliphatic carbocycles. The average molecular weight is 345 g/mol. The number of carbonyl (C=O) groups excluding carboxylic acids is 1. The summed E-state index contributed by atoms with van der Waals surface area (Å²) in [6.45, 7) is 1.75. The highest BCUT2D eigenvalue weighted by atomic mass is 32.2. The Morgan fingerprint density at radius 3 is 2.83 bits per heavy atom. The fourth-order valence-electron chi connectivity index (χ4n) is 2.41. The quantitative estimate of drug-likeness (QED) is 0.812. The summed E-state index contributed by atoms with van der Waals surface area (Å²) in [6, 6.07) is 8.08. The van der Waals surface area contributed by atoms with Crippen LogP contribution < -0.4 is 5.32 Å². The van der Waals surface area contributed by atoms with Gasteiger partial charge in [-0.05, 0) is 49.9 Å². The number of hydrogen-bond acceptors (Lipinski definition) is 5. The predicted molar refractivity (Wildman–Crippen MR) is 87.5 cm³/mol. The third-order valence-corrected chi connectivity index (χ3v) is 4.81. The van der Waals surface area contributed by atoms with Gasteiger partial charge in [-0.2, -0.15) is 5.26 Å². The van der Waals surface area contributed by atoms with E-state index in [-0.39, 0.29) is 23.4 Å². The van der Waals surface area contributed by atoms with Crippen LogP contribution in [0.3, 0.4) is 0 Å². The van der Waals surface area contributed by atoms with Crippen molar-refractivity contribution in [1.82, 2.24) is 10.3 Å². The number of amides is 1. The maximum Gasteiger partial charge on any atom is 0.256 e. The zero-order chi connectivity index (χ0) is 17.2. The molecular weight excluding hydrogens is 329 g/mol. The van der Waals surface area contributed by atoms with Gasteiger partial charge in [0.15, 0.2) is 5.76 Å². The van der Waals surface area contributed by atoms with E-state index in [4.69, 9.17) is 4.42 Å². The maximum absolute atomic E-state index is 12.9. The Kier molecular flexibility index (Phi) is 4.58. The number of thioether (sulfide) groups is 1. The van der Waals surface area contributed by atoms with Gasteiger partial charge < -0.3 is 9.73 Å². The first-order valence-corrected chi connectivity index (χ1v) is 8.55. The van der Waals surface area contributed by atoms with E-state index in [1.165, 1.54) is 18.3 Å². The van der Waals surface area contributed by atoms with Gasteiger partial charge in [0.25, 0.3) is 5.22 Å². The third-order valence-electron chi connectivity index (χ3n) is 3.97. The Bertz CT molecular complexity index is 780. The number of nitrogens with one attached hydrogen (secondary N) is 1. The van der Waals surface area contributed by atoms with E-state index in [1.807, 2.05) is 0 Å². The smallest absolute Gasteiger partial charge is 0.256 e. The van der Waals surface area contributed by atoms with Gasteiger partial charge in [-0.3, -0.25) is 4.79 Å². The largest absolute Gasteiger partial charge is 0.431 e. The number of halogens is 1. The summed E-state index contributed by atoms with van der Waals surface area (Å²) in [5.41, 5.74) is -0.0842. The molecule has 124 valence electrons. The molecule has 0 aliphatic heterocycles. The maximum atomic E-state index is 12.9. The van der Waals surface area contributed by atoms with E-state index >= 15 is 0 Å². The Morgan fingerprint density at radius 2 is 2.21 bits per heavy atom. The van der Waals surface area contributed by atoms with Crippen molar-refractivity contribution < 1.29 is 13.6 Å². The Hall–Kier alpha value is -2.33. The highest BCUT2D eigenvalue weighted by Gasteiger charge is 2.42. The molecule has 1 fully saturated rings. The lowest BCUT2D eigenvalue weighted by molar-refractivity contribution is -0.119. The zero-order valence-corrected chi connectivity index (χ0v) is 13.9. The topological polar surface area (TPSA) is 78.9 Å². The summed E-state index contributed by atoms with van der Waals surface area (Å²) in [4.78, 5) is 16.2. The monoisotopic (exact) mass is 345 g/mol. The van der Waals surface area contributed by atoms with Crippen LogP contribution in [-0.4, -0.2) is 22.2 Å². The van der Waals surface area contributed by atoms with Crippen molar-refractivity contribution in [3.05, 3.63) is 36.3 Å². The molecule has 1 unspecified atom stereocenters. The van der Waals surface area contributed by atoms with Crippen LogP contribution in [0.1, 0.15) is 19.8 Å². The summed E-state index contributed by atoms with van der Waals surface area (Å²) in [6.07, 6.45) is 3.48. The number of benzene rings is 1. The fourth-order valence-corrected chi connectivity index (χ4v) is 3.01. The number of carbonyl (C=O) groups is 1. The van der Waals surface area contributed by atoms with Crippen LogP contribution >= 0.6 is 11.8 Å². The molecule has 1 aromatic carbocycles. The highest BCUT2D eigenvalue weighted by Crippen LogP contribution is 2.39. The van der Waals surface area contributed by atoms with E-state index in [0.717, 1.165) is 24.6 Å². The standard InChI is InChI=1S/C17H16FN3O2S/c1-17(10-19,12-4-5-12)21-15(22)9-24-16-20-8-14(23-16)11-2-6-13(18)7-3-11/h2-3,6-8,12H,4-5,9H2,1H3,(H,21,22). The first kappa shape index (κ1) is 16.5. The molecule has 3 rings (SSSR count). The molecule has 7 heteroatoms. The summed E-state index contributed by atoms with van der Waals surface area (Å²) < 4.78 is 18.5. The van der Waals surface area contributed by atoms with Crippen LogP contribution in [0, 0.1) is 23.1 Å². The second-order valence-electron chi connectivity index (χ2n) is 5.92. The van der Waals surface area contributed by atoms with Gasteiger partial charge in [0.1, 0.15) is 11.4 Å². The Labute approximate surface area is 143 Å². The summed E-state index contributed by atoms with van der Waals surface area (Å²) >= 11 is 1.16. The molecule has 0 spiro atoms. The van der Waals surface area contributed by atoms with E-state index in [0.29, 0.717) is 16.5 Å². The van der Waals surface area contributed by atoms with Crippen LogP contribution in [0.4, 0.5) is 4.39 Å². The van der Waals surface area contributed by atoms with Gasteiger partial charge in [-0.15, -0.1) is 0 Å².